The van der Waals surface area contributed by atoms with Crippen LogP contribution in [0.5, 0.6) is 5.75 Å². The Morgan fingerprint density at radius 3 is 2.50 bits per heavy atom. The molecule has 0 bridgehead atoms. The molecule has 0 aliphatic carbocycles. The van der Waals surface area contributed by atoms with Crippen LogP contribution in [0.25, 0.3) is 0 Å². The van der Waals surface area contributed by atoms with Crippen molar-refractivity contribution in [2.24, 2.45) is 0 Å². The van der Waals surface area contributed by atoms with Gasteiger partial charge < -0.3 is 19.7 Å². The lowest BCUT2D eigenvalue weighted by Crippen LogP contribution is -2.58. The molecule has 6 nitrogen and oxygen atoms in total. The molecule has 2 amide bonds. The maximum absolute atomic E-state index is 12.9. The minimum absolute atomic E-state index is 0.158. The molecule has 1 aliphatic heterocycles. The third-order valence-corrected chi connectivity index (χ3v) is 3.75. The molecular formula is C17H21BrF2N2O4. The van der Waals surface area contributed by atoms with Crippen molar-refractivity contribution >= 4 is 27.9 Å². The molecule has 1 N–H and O–H groups in total. The second kappa shape index (κ2) is 7.77. The van der Waals surface area contributed by atoms with Crippen LogP contribution in [0.3, 0.4) is 0 Å². The first kappa shape index (κ1) is 20.4. The van der Waals surface area contributed by atoms with Gasteiger partial charge in [0.1, 0.15) is 18.0 Å². The van der Waals surface area contributed by atoms with E-state index in [1.165, 1.54) is 6.07 Å². The van der Waals surface area contributed by atoms with E-state index in [1.54, 1.807) is 32.9 Å². The van der Waals surface area contributed by atoms with Crippen LogP contribution in [0.4, 0.5) is 13.6 Å². The van der Waals surface area contributed by atoms with E-state index in [4.69, 9.17) is 9.47 Å². The normalized spacial score (nSPS) is 15.8. The summed E-state index contributed by atoms with van der Waals surface area (Å²) in [5.41, 5.74) is -0.331. The van der Waals surface area contributed by atoms with E-state index in [1.807, 2.05) is 0 Å². The topological polar surface area (TPSA) is 67.9 Å². The number of rotatable bonds is 5. The van der Waals surface area contributed by atoms with Crippen LogP contribution in [0, 0.1) is 0 Å². The number of carbonyl (C=O) groups is 2. The highest BCUT2D eigenvalue weighted by atomic mass is 79.9. The lowest BCUT2D eigenvalue weighted by molar-refractivity contribution is -0.113. The second-order valence-corrected chi connectivity index (χ2v) is 7.89. The number of nitrogens with zero attached hydrogens (tertiary/aromatic N) is 1. The quantitative estimate of drug-likeness (QED) is 0.720. The van der Waals surface area contributed by atoms with Gasteiger partial charge in [0, 0.05) is 10.0 Å². The molecule has 1 saturated heterocycles. The van der Waals surface area contributed by atoms with Crippen molar-refractivity contribution in [1.29, 1.82) is 0 Å². The molecule has 0 saturated carbocycles. The highest BCUT2D eigenvalue weighted by Gasteiger charge is 2.46. The Hall–Kier alpha value is -1.90. The summed E-state index contributed by atoms with van der Waals surface area (Å²) < 4.78 is 37.0. The van der Waals surface area contributed by atoms with Crippen LogP contribution >= 0.6 is 15.9 Å². The van der Waals surface area contributed by atoms with E-state index in [0.29, 0.717) is 10.2 Å². The summed E-state index contributed by atoms with van der Waals surface area (Å²) in [5, 5.41) is 2.55. The van der Waals surface area contributed by atoms with Crippen molar-refractivity contribution in [1.82, 2.24) is 10.2 Å². The zero-order valence-corrected chi connectivity index (χ0v) is 16.4. The molecule has 0 aromatic heterocycles. The molecule has 1 fully saturated rings. The Morgan fingerprint density at radius 2 is 1.92 bits per heavy atom. The zero-order valence-electron chi connectivity index (χ0n) is 14.8. The van der Waals surface area contributed by atoms with Gasteiger partial charge in [-0.2, -0.15) is 0 Å². The molecule has 144 valence electrons. The van der Waals surface area contributed by atoms with E-state index < -0.39 is 36.6 Å². The van der Waals surface area contributed by atoms with Crippen LogP contribution < -0.4 is 10.1 Å². The zero-order chi connectivity index (χ0) is 19.5. The molecule has 0 unspecified atom stereocenters. The highest BCUT2D eigenvalue weighted by Crippen LogP contribution is 2.30. The molecular weight excluding hydrogens is 414 g/mol. The fourth-order valence-corrected chi connectivity index (χ4v) is 2.72. The van der Waals surface area contributed by atoms with Crippen LogP contribution in [-0.2, 0) is 4.74 Å². The van der Waals surface area contributed by atoms with Gasteiger partial charge in [-0.15, -0.1) is 0 Å². The lowest BCUT2D eigenvalue weighted by Gasteiger charge is -2.38. The van der Waals surface area contributed by atoms with Crippen molar-refractivity contribution in [3.05, 3.63) is 28.2 Å². The van der Waals surface area contributed by atoms with Crippen LogP contribution in [0.1, 0.15) is 31.1 Å². The molecule has 26 heavy (non-hydrogen) atoms. The summed E-state index contributed by atoms with van der Waals surface area (Å²) in [4.78, 5) is 24.8. The third kappa shape index (κ3) is 6.12. The Labute approximate surface area is 158 Å². The monoisotopic (exact) mass is 434 g/mol. The summed E-state index contributed by atoms with van der Waals surface area (Å²) in [5.74, 6) is -2.90. The number of amides is 2. The van der Waals surface area contributed by atoms with Gasteiger partial charge in [-0.25, -0.2) is 13.6 Å². The number of ether oxygens (including phenoxy) is 2. The average Bonchev–Trinajstić information content (AvgIpc) is 2.46. The number of hydrogen-bond donors (Lipinski definition) is 1. The van der Waals surface area contributed by atoms with E-state index in [9.17, 15) is 18.4 Å². The van der Waals surface area contributed by atoms with Crippen molar-refractivity contribution in [3.63, 3.8) is 0 Å². The third-order valence-electron chi connectivity index (χ3n) is 3.29. The fourth-order valence-electron chi connectivity index (χ4n) is 2.24. The Balaban J connectivity index is 1.86. The minimum atomic E-state index is -2.81. The molecule has 2 rings (SSSR count). The Kier molecular flexibility index (Phi) is 6.10. The standard InChI is InChI=1S/C17H21BrF2N2O4/c1-16(2,3)26-15(24)21-4-5-25-13-7-11(6-12(18)8-13)14(23)22-9-17(19,20)10-22/h6-8H,4-5,9-10H2,1-3H3,(H,21,24). The molecule has 0 atom stereocenters. The summed E-state index contributed by atoms with van der Waals surface area (Å²) in [6, 6.07) is 4.68. The van der Waals surface area contributed by atoms with Crippen molar-refractivity contribution < 1.29 is 27.8 Å². The number of likely N-dealkylation sites (tertiary alicyclic amines) is 1. The van der Waals surface area contributed by atoms with Gasteiger partial charge in [-0.1, -0.05) is 15.9 Å². The minimum Gasteiger partial charge on any atom is -0.492 e. The summed E-state index contributed by atoms with van der Waals surface area (Å²) in [6.45, 7) is 4.50. The second-order valence-electron chi connectivity index (χ2n) is 6.97. The highest BCUT2D eigenvalue weighted by molar-refractivity contribution is 9.10. The molecule has 1 aromatic carbocycles. The number of alkyl carbamates (subject to hydrolysis) is 1. The number of hydrogen-bond acceptors (Lipinski definition) is 4. The maximum Gasteiger partial charge on any atom is 0.407 e. The molecule has 0 radical (unpaired) electrons. The summed E-state index contributed by atoms with van der Waals surface area (Å²) in [6.07, 6.45) is -0.551. The van der Waals surface area contributed by atoms with E-state index in [-0.39, 0.29) is 18.7 Å². The van der Waals surface area contributed by atoms with Gasteiger partial charge in [0.15, 0.2) is 0 Å². The van der Waals surface area contributed by atoms with E-state index in [2.05, 4.69) is 21.2 Å². The largest absolute Gasteiger partial charge is 0.492 e. The number of halogens is 3. The van der Waals surface area contributed by atoms with Crippen molar-refractivity contribution in [3.8, 4) is 5.75 Å². The Bertz CT molecular complexity index is 684. The van der Waals surface area contributed by atoms with Gasteiger partial charge >= 0.3 is 6.09 Å². The van der Waals surface area contributed by atoms with Crippen LogP contribution in [-0.4, -0.2) is 54.7 Å². The first-order valence-electron chi connectivity index (χ1n) is 8.03. The summed E-state index contributed by atoms with van der Waals surface area (Å²) >= 11 is 3.27. The average molecular weight is 435 g/mol. The van der Waals surface area contributed by atoms with E-state index >= 15 is 0 Å². The van der Waals surface area contributed by atoms with E-state index in [0.717, 1.165) is 4.90 Å². The first-order valence-corrected chi connectivity index (χ1v) is 8.82. The Morgan fingerprint density at radius 1 is 1.27 bits per heavy atom. The predicted octanol–water partition coefficient (Wildman–Crippen LogP) is 3.44. The van der Waals surface area contributed by atoms with Gasteiger partial charge in [-0.3, -0.25) is 4.79 Å². The van der Waals surface area contributed by atoms with Gasteiger partial charge in [0.05, 0.1) is 19.6 Å². The molecule has 9 heteroatoms. The molecule has 0 spiro atoms. The maximum atomic E-state index is 12.9. The summed E-state index contributed by atoms with van der Waals surface area (Å²) in [7, 11) is 0. The van der Waals surface area contributed by atoms with Gasteiger partial charge in [0.2, 0.25) is 0 Å². The number of nitrogens with one attached hydrogen (secondary N) is 1. The smallest absolute Gasteiger partial charge is 0.407 e. The lowest BCUT2D eigenvalue weighted by atomic mass is 10.1. The van der Waals surface area contributed by atoms with Crippen molar-refractivity contribution in [2.75, 3.05) is 26.2 Å². The van der Waals surface area contributed by atoms with Crippen LogP contribution in [0.15, 0.2) is 22.7 Å². The van der Waals surface area contributed by atoms with Gasteiger partial charge in [-0.05, 0) is 39.0 Å². The number of alkyl halides is 2. The fraction of sp³-hybridized carbons (Fsp3) is 0.529. The predicted molar refractivity (Wildman–Crippen MR) is 94.7 cm³/mol. The van der Waals surface area contributed by atoms with Gasteiger partial charge in [0.25, 0.3) is 11.8 Å². The molecule has 1 aromatic rings. The molecule has 1 heterocycles. The number of benzene rings is 1. The van der Waals surface area contributed by atoms with Crippen LogP contribution in [0.2, 0.25) is 0 Å². The number of carbonyl (C=O) groups excluding carboxylic acids is 2. The SMILES string of the molecule is CC(C)(C)OC(=O)NCCOc1cc(Br)cc(C(=O)N2CC(F)(F)C2)c1. The molecule has 1 aliphatic rings. The van der Waals surface area contributed by atoms with Crippen molar-refractivity contribution in [2.45, 2.75) is 32.3 Å². The first-order chi connectivity index (χ1) is 12.0.